The molecule has 0 unspecified atom stereocenters. The van der Waals surface area contributed by atoms with Gasteiger partial charge in [0.15, 0.2) is 0 Å². The van der Waals surface area contributed by atoms with Gasteiger partial charge >= 0.3 is 283 Å². The minimum absolute atomic E-state index is 0. The van der Waals surface area contributed by atoms with E-state index in [9.17, 15) is 0 Å². The molecule has 0 aliphatic heterocycles. The summed E-state index contributed by atoms with van der Waals surface area (Å²) in [6.45, 7) is 14.3. The Morgan fingerprint density at radius 1 is 0.702 bits per heavy atom. The predicted octanol–water partition coefficient (Wildman–Crippen LogP) is 11.6. The van der Waals surface area contributed by atoms with E-state index in [0.29, 0.717) is 0 Å². The first-order valence-electron chi connectivity index (χ1n) is 16.2. The van der Waals surface area contributed by atoms with Crippen LogP contribution in [0.15, 0.2) is 123 Å². The fourth-order valence-electron chi connectivity index (χ4n) is 7.18. The third kappa shape index (κ3) is 6.82. The average molecular weight is 755 g/mol. The molecule has 0 atom stereocenters. The first-order chi connectivity index (χ1) is 21.6. The third-order valence-electron chi connectivity index (χ3n) is 9.44. The van der Waals surface area contributed by atoms with E-state index >= 15 is 0 Å². The molecule has 0 amide bonds. The Hall–Kier alpha value is -2.61. The van der Waals surface area contributed by atoms with E-state index in [2.05, 4.69) is 162 Å². The molecule has 0 radical (unpaired) electrons. The Balaban J connectivity index is 0.00000217. The number of benzene rings is 4. The van der Waals surface area contributed by atoms with Gasteiger partial charge in [0.05, 0.1) is 0 Å². The van der Waals surface area contributed by atoms with Gasteiger partial charge in [-0.2, -0.15) is 0 Å². The van der Waals surface area contributed by atoms with Crippen molar-refractivity contribution in [3.63, 3.8) is 0 Å². The summed E-state index contributed by atoms with van der Waals surface area (Å²) >= 11 is -1.12. The van der Waals surface area contributed by atoms with Crippen molar-refractivity contribution in [3.8, 4) is 11.1 Å². The largest absolute Gasteiger partial charge is 0.147 e. The number of halogens is 2. The number of hydrogen-bond donors (Lipinski definition) is 0. The Bertz CT molecular complexity index is 1940. The summed E-state index contributed by atoms with van der Waals surface area (Å²) < 4.78 is 4.99. The van der Waals surface area contributed by atoms with Gasteiger partial charge in [-0.15, -0.1) is 24.8 Å². The second kappa shape index (κ2) is 14.1. The maximum Gasteiger partial charge on any atom is -0.147 e. The minimum Gasteiger partial charge on any atom is -0.147 e. The molecular formula is C43H44Cl2SZr. The molecule has 1 aromatic heterocycles. The summed E-state index contributed by atoms with van der Waals surface area (Å²) in [6, 6.07) is 37.2. The van der Waals surface area contributed by atoms with Crippen LogP contribution in [0.1, 0.15) is 86.9 Å². The summed E-state index contributed by atoms with van der Waals surface area (Å²) in [4.78, 5) is 0. The van der Waals surface area contributed by atoms with Crippen molar-refractivity contribution in [1.29, 1.82) is 0 Å². The Morgan fingerprint density at radius 3 is 1.91 bits per heavy atom. The van der Waals surface area contributed by atoms with Gasteiger partial charge in [0, 0.05) is 0 Å². The van der Waals surface area contributed by atoms with Crippen LogP contribution in [0.2, 0.25) is 0 Å². The molecule has 0 N–H and O–H groups in total. The zero-order valence-corrected chi connectivity index (χ0v) is 33.1. The van der Waals surface area contributed by atoms with Crippen LogP contribution in [0, 0.1) is 0 Å². The third-order valence-corrected chi connectivity index (χ3v) is 18.1. The monoisotopic (exact) mass is 752 g/mol. The van der Waals surface area contributed by atoms with Gasteiger partial charge < -0.3 is 0 Å². The van der Waals surface area contributed by atoms with Crippen LogP contribution in [0.25, 0.3) is 16.7 Å². The Labute approximate surface area is 305 Å². The molecule has 240 valence electrons. The van der Waals surface area contributed by atoms with Gasteiger partial charge in [-0.1, -0.05) is 0 Å². The van der Waals surface area contributed by atoms with Gasteiger partial charge in [0.1, 0.15) is 0 Å². The van der Waals surface area contributed by atoms with Crippen molar-refractivity contribution in [2.75, 3.05) is 0 Å². The SMILES string of the molecule is CC(C)(C)c1ccc2c(c1)Cc1c-2ccc(C(C)(C)C)[c]1[Zr]([C]1=C(c2ccsc2)C=CC1)=[C](c1ccccc1)c1ccccc1.Cl.Cl. The molecule has 2 aliphatic carbocycles. The Morgan fingerprint density at radius 2 is 1.34 bits per heavy atom. The van der Waals surface area contributed by atoms with Crippen LogP contribution in [-0.2, 0) is 38.5 Å². The first-order valence-corrected chi connectivity index (χ1v) is 20.8. The van der Waals surface area contributed by atoms with Crippen LogP contribution in [0.3, 0.4) is 0 Å². The standard InChI is InChI=1S/C21H25.C13H10.C9H7S.2ClH.Zr/c1-20(2,3)16-7-9-18-14(12-16)11-15-13-17(21(4,5)6)8-10-19(15)18;1-3-7-12(8-4-1)11-13-9-5-2-6-10-13;1-2-4-8(3-1)9-5-6-10-7-9;;;/h7-10,12H,11H2,1-6H3;1-10H;1,3,5-7H,2H2;2*1H;. The molecule has 0 nitrogen and oxygen atoms in total. The van der Waals surface area contributed by atoms with E-state index in [1.165, 1.54) is 50.1 Å². The molecule has 0 fully saturated rings. The second-order valence-corrected chi connectivity index (χ2v) is 21.1. The average Bonchev–Trinajstić information content (AvgIpc) is 3.79. The van der Waals surface area contributed by atoms with Crippen molar-refractivity contribution >= 4 is 48.2 Å². The van der Waals surface area contributed by atoms with Crippen LogP contribution in [-0.4, -0.2) is 3.21 Å². The zero-order valence-electron chi connectivity index (χ0n) is 28.2. The van der Waals surface area contributed by atoms with Crippen molar-refractivity contribution in [3.05, 3.63) is 162 Å². The molecule has 4 aromatic carbocycles. The summed E-state index contributed by atoms with van der Waals surface area (Å²) in [5.41, 5.74) is 14.7. The van der Waals surface area contributed by atoms with E-state index in [1.807, 2.05) is 0 Å². The number of thiophene rings is 1. The summed E-state index contributed by atoms with van der Waals surface area (Å²) in [6.07, 6.45) is 6.91. The van der Waals surface area contributed by atoms with Gasteiger partial charge in [0.2, 0.25) is 0 Å². The first kappa shape index (κ1) is 35.7. The van der Waals surface area contributed by atoms with Crippen molar-refractivity contribution in [2.45, 2.75) is 65.2 Å². The van der Waals surface area contributed by atoms with Crippen LogP contribution in [0.4, 0.5) is 0 Å². The number of rotatable bonds is 5. The van der Waals surface area contributed by atoms with E-state index < -0.39 is 21.3 Å². The van der Waals surface area contributed by atoms with Crippen LogP contribution >= 0.6 is 36.2 Å². The normalized spacial score (nSPS) is 13.5. The molecule has 7 rings (SSSR count). The van der Waals surface area contributed by atoms with Gasteiger partial charge in [-0.3, -0.25) is 0 Å². The smallest absolute Gasteiger partial charge is 0.147 e. The van der Waals surface area contributed by atoms with Gasteiger partial charge in [-0.25, -0.2) is 0 Å². The molecule has 2 aliphatic rings. The van der Waals surface area contributed by atoms with E-state index in [-0.39, 0.29) is 35.6 Å². The molecule has 0 saturated carbocycles. The Kier molecular flexibility index (Phi) is 10.7. The number of allylic oxidation sites excluding steroid dienone is 4. The molecule has 0 saturated heterocycles. The molecular weight excluding hydrogens is 711 g/mol. The van der Waals surface area contributed by atoms with E-state index in [1.54, 1.807) is 26.7 Å². The topological polar surface area (TPSA) is 0 Å². The fourth-order valence-corrected chi connectivity index (χ4v) is 17.3. The zero-order chi connectivity index (χ0) is 31.3. The molecule has 5 aromatic rings. The fraction of sp³-hybridized carbons (Fsp3) is 0.233. The summed E-state index contributed by atoms with van der Waals surface area (Å²) in [7, 11) is 0. The van der Waals surface area contributed by atoms with Gasteiger partial charge in [0.25, 0.3) is 0 Å². The molecule has 0 spiro atoms. The molecule has 0 bridgehead atoms. The van der Waals surface area contributed by atoms with Crippen molar-refractivity contribution in [1.82, 2.24) is 0 Å². The number of fused-ring (bicyclic) bond motifs is 3. The maximum atomic E-state index is 2.51. The van der Waals surface area contributed by atoms with Crippen LogP contribution < -0.4 is 3.27 Å². The van der Waals surface area contributed by atoms with E-state index in [4.69, 9.17) is 0 Å². The second-order valence-electron chi connectivity index (χ2n) is 14.6. The quantitative estimate of drug-likeness (QED) is 0.164. The molecule has 1 heterocycles. The van der Waals surface area contributed by atoms with Gasteiger partial charge in [-0.05, 0) is 0 Å². The summed E-state index contributed by atoms with van der Waals surface area (Å²) in [5.74, 6) is 0. The van der Waals surface area contributed by atoms with Crippen molar-refractivity contribution < 1.29 is 21.3 Å². The molecule has 4 heteroatoms. The van der Waals surface area contributed by atoms with E-state index in [0.717, 1.165) is 12.8 Å². The van der Waals surface area contributed by atoms with Crippen LogP contribution in [0.5, 0.6) is 0 Å². The molecule has 47 heavy (non-hydrogen) atoms. The van der Waals surface area contributed by atoms with Crippen molar-refractivity contribution in [2.24, 2.45) is 0 Å². The maximum absolute atomic E-state index is 2.93. The summed E-state index contributed by atoms with van der Waals surface area (Å²) in [5, 5.41) is 4.58. The number of hydrogen-bond acceptors (Lipinski definition) is 1. The minimum atomic E-state index is -2.93. The predicted molar refractivity (Wildman–Crippen MR) is 207 cm³/mol.